The lowest BCUT2D eigenvalue weighted by Crippen LogP contribution is -2.16. The first-order valence-corrected chi connectivity index (χ1v) is 8.20. The van der Waals surface area contributed by atoms with Crippen molar-refractivity contribution in [1.29, 1.82) is 0 Å². The minimum absolute atomic E-state index is 0.258. The van der Waals surface area contributed by atoms with Crippen molar-refractivity contribution in [3.63, 3.8) is 0 Å². The number of rotatable bonds is 5. The summed E-state index contributed by atoms with van der Waals surface area (Å²) in [5.74, 6) is 0.293. The van der Waals surface area contributed by atoms with Crippen molar-refractivity contribution >= 4 is 44.8 Å². The predicted octanol–water partition coefficient (Wildman–Crippen LogP) is 5.89. The fourth-order valence-electron chi connectivity index (χ4n) is 2.02. The van der Waals surface area contributed by atoms with Gasteiger partial charge in [0, 0.05) is 10.5 Å². The Hall–Kier alpha value is -0.900. The summed E-state index contributed by atoms with van der Waals surface area (Å²) in [6.45, 7) is 2.10. The number of nitrogens with one attached hydrogen (secondary N) is 1. The summed E-state index contributed by atoms with van der Waals surface area (Å²) in [6, 6.07) is 11.3. The Labute approximate surface area is 143 Å². The van der Waals surface area contributed by atoms with Crippen molar-refractivity contribution in [3.8, 4) is 5.75 Å². The summed E-state index contributed by atoms with van der Waals surface area (Å²) in [7, 11) is 0. The van der Waals surface area contributed by atoms with Crippen LogP contribution in [0.4, 0.5) is 5.69 Å². The number of benzene rings is 2. The monoisotopic (exact) mass is 387 g/mol. The molecule has 2 nitrogen and oxygen atoms in total. The second-order valence-electron chi connectivity index (χ2n) is 4.97. The Kier molecular flexibility index (Phi) is 5.80. The number of phenolic OH excluding ortho intramolecular Hbond substituents is 1. The quantitative estimate of drug-likeness (QED) is 0.625. The number of hydrogen-bond acceptors (Lipinski definition) is 2. The second-order valence-corrected chi connectivity index (χ2v) is 6.58. The van der Waals surface area contributed by atoms with Gasteiger partial charge < -0.3 is 10.4 Å². The fraction of sp³-hybridized carbons (Fsp3) is 0.250. The van der Waals surface area contributed by atoms with Crippen LogP contribution in [0.1, 0.15) is 18.9 Å². The number of anilines is 1. The molecule has 112 valence electrons. The molecule has 0 fully saturated rings. The lowest BCUT2D eigenvalue weighted by molar-refractivity contribution is 0.475. The Morgan fingerprint density at radius 2 is 1.76 bits per heavy atom. The Bertz CT molecular complexity index is 616. The largest absolute Gasteiger partial charge is 0.508 e. The van der Waals surface area contributed by atoms with E-state index in [0.29, 0.717) is 15.8 Å². The predicted molar refractivity (Wildman–Crippen MR) is 93.7 cm³/mol. The fourth-order valence-corrected chi connectivity index (χ4v) is 2.85. The van der Waals surface area contributed by atoms with Crippen molar-refractivity contribution in [2.45, 2.75) is 25.8 Å². The van der Waals surface area contributed by atoms with E-state index in [9.17, 15) is 5.11 Å². The Balaban J connectivity index is 1.94. The van der Waals surface area contributed by atoms with Crippen molar-refractivity contribution in [1.82, 2.24) is 0 Å². The van der Waals surface area contributed by atoms with Crippen LogP contribution < -0.4 is 5.32 Å². The van der Waals surface area contributed by atoms with Gasteiger partial charge in [0.2, 0.25) is 0 Å². The normalized spacial score (nSPS) is 12.2. The van der Waals surface area contributed by atoms with E-state index in [1.165, 1.54) is 5.56 Å². The molecule has 0 heterocycles. The van der Waals surface area contributed by atoms with Crippen molar-refractivity contribution < 1.29 is 5.11 Å². The minimum Gasteiger partial charge on any atom is -0.508 e. The van der Waals surface area contributed by atoms with Crippen molar-refractivity contribution in [2.24, 2.45) is 0 Å². The summed E-state index contributed by atoms with van der Waals surface area (Å²) in [5, 5.41) is 13.7. The zero-order valence-corrected chi connectivity index (χ0v) is 14.6. The molecule has 1 unspecified atom stereocenters. The van der Waals surface area contributed by atoms with Crippen LogP contribution in [0.3, 0.4) is 0 Å². The molecule has 2 aromatic rings. The average Bonchev–Trinajstić information content (AvgIpc) is 2.47. The smallest absolute Gasteiger partial charge is 0.115 e. The topological polar surface area (TPSA) is 32.3 Å². The third-order valence-corrected chi connectivity index (χ3v) is 5.01. The van der Waals surface area contributed by atoms with E-state index in [2.05, 4.69) is 28.2 Å². The van der Waals surface area contributed by atoms with Crippen LogP contribution in [-0.4, -0.2) is 11.1 Å². The van der Waals surface area contributed by atoms with Crippen LogP contribution in [0.2, 0.25) is 10.0 Å². The zero-order valence-electron chi connectivity index (χ0n) is 11.5. The van der Waals surface area contributed by atoms with Gasteiger partial charge >= 0.3 is 0 Å². The standard InChI is InChI=1S/C16H16BrCl2NO/c1-10(2-3-11-4-6-12(21)7-5-11)20-14-9-8-13(17)15(18)16(14)19/h4-10,20-21H,2-3H2,1H3. The molecule has 0 aromatic heterocycles. The van der Waals surface area contributed by atoms with Gasteiger partial charge in [-0.3, -0.25) is 0 Å². The molecule has 2 N–H and O–H groups in total. The summed E-state index contributed by atoms with van der Waals surface area (Å²) in [4.78, 5) is 0. The highest BCUT2D eigenvalue weighted by molar-refractivity contribution is 9.10. The molecule has 0 saturated heterocycles. The van der Waals surface area contributed by atoms with Gasteiger partial charge in [-0.15, -0.1) is 0 Å². The molecular weight excluding hydrogens is 373 g/mol. The third-order valence-electron chi connectivity index (χ3n) is 3.24. The molecule has 0 aliphatic heterocycles. The molecule has 0 radical (unpaired) electrons. The van der Waals surface area contributed by atoms with Gasteiger partial charge in [0.25, 0.3) is 0 Å². The first kappa shape index (κ1) is 16.5. The van der Waals surface area contributed by atoms with Gasteiger partial charge in [-0.1, -0.05) is 35.3 Å². The maximum atomic E-state index is 9.26. The molecular formula is C16H16BrCl2NO. The summed E-state index contributed by atoms with van der Waals surface area (Å²) < 4.78 is 0.788. The summed E-state index contributed by atoms with van der Waals surface area (Å²) >= 11 is 15.7. The molecule has 2 aromatic carbocycles. The Morgan fingerprint density at radius 1 is 1.10 bits per heavy atom. The van der Waals surface area contributed by atoms with Crippen molar-refractivity contribution in [3.05, 3.63) is 56.5 Å². The third kappa shape index (κ3) is 4.53. The van der Waals surface area contributed by atoms with E-state index in [-0.39, 0.29) is 6.04 Å². The van der Waals surface area contributed by atoms with Crippen LogP contribution in [0.15, 0.2) is 40.9 Å². The molecule has 21 heavy (non-hydrogen) atoms. The number of hydrogen-bond donors (Lipinski definition) is 2. The van der Waals surface area contributed by atoms with E-state index in [1.807, 2.05) is 24.3 Å². The highest BCUT2D eigenvalue weighted by atomic mass is 79.9. The van der Waals surface area contributed by atoms with Gasteiger partial charge in [0.1, 0.15) is 5.75 Å². The van der Waals surface area contributed by atoms with E-state index in [1.54, 1.807) is 12.1 Å². The highest BCUT2D eigenvalue weighted by Crippen LogP contribution is 2.36. The molecule has 0 saturated carbocycles. The minimum atomic E-state index is 0.258. The number of aromatic hydroxyl groups is 1. The maximum Gasteiger partial charge on any atom is 0.115 e. The molecule has 0 aliphatic carbocycles. The molecule has 0 aliphatic rings. The second kappa shape index (κ2) is 7.39. The highest BCUT2D eigenvalue weighted by Gasteiger charge is 2.10. The lowest BCUT2D eigenvalue weighted by atomic mass is 10.1. The molecule has 0 spiro atoms. The first-order chi connectivity index (χ1) is 9.97. The average molecular weight is 389 g/mol. The molecule has 5 heteroatoms. The van der Waals surface area contributed by atoms with Gasteiger partial charge in [-0.25, -0.2) is 0 Å². The first-order valence-electron chi connectivity index (χ1n) is 6.65. The van der Waals surface area contributed by atoms with Crippen LogP contribution in [0.5, 0.6) is 5.75 Å². The van der Waals surface area contributed by atoms with Gasteiger partial charge in [-0.2, -0.15) is 0 Å². The van der Waals surface area contributed by atoms with E-state index < -0.39 is 0 Å². The molecule has 2 rings (SSSR count). The summed E-state index contributed by atoms with van der Waals surface area (Å²) in [5.41, 5.74) is 2.03. The number of aryl methyl sites for hydroxylation is 1. The van der Waals surface area contributed by atoms with E-state index >= 15 is 0 Å². The SMILES string of the molecule is CC(CCc1ccc(O)cc1)Nc1ccc(Br)c(Cl)c1Cl. The molecule has 0 bridgehead atoms. The lowest BCUT2D eigenvalue weighted by Gasteiger charge is -2.17. The van der Waals surface area contributed by atoms with E-state index in [4.69, 9.17) is 23.2 Å². The maximum absolute atomic E-state index is 9.26. The molecule has 0 amide bonds. The number of phenols is 1. The van der Waals surface area contributed by atoms with E-state index in [0.717, 1.165) is 23.0 Å². The van der Waals surface area contributed by atoms with Crippen LogP contribution >= 0.6 is 39.1 Å². The van der Waals surface area contributed by atoms with Gasteiger partial charge in [-0.05, 0) is 65.5 Å². The van der Waals surface area contributed by atoms with Gasteiger partial charge in [0.05, 0.1) is 15.7 Å². The van der Waals surface area contributed by atoms with Crippen LogP contribution in [-0.2, 0) is 6.42 Å². The zero-order chi connectivity index (χ0) is 15.4. The van der Waals surface area contributed by atoms with Crippen LogP contribution in [0, 0.1) is 0 Å². The van der Waals surface area contributed by atoms with Crippen molar-refractivity contribution in [2.75, 3.05) is 5.32 Å². The molecule has 1 atom stereocenters. The summed E-state index contributed by atoms with van der Waals surface area (Å²) in [6.07, 6.45) is 1.88. The number of halogens is 3. The Morgan fingerprint density at radius 3 is 2.43 bits per heavy atom. The van der Waals surface area contributed by atoms with Crippen LogP contribution in [0.25, 0.3) is 0 Å². The van der Waals surface area contributed by atoms with Gasteiger partial charge in [0.15, 0.2) is 0 Å².